The van der Waals surface area contributed by atoms with Crippen molar-refractivity contribution in [3.05, 3.63) is 64.7 Å². The lowest BCUT2D eigenvalue weighted by atomic mass is 10.1. The second kappa shape index (κ2) is 7.97. The Bertz CT molecular complexity index is 840. The molecule has 0 atom stereocenters. The minimum absolute atomic E-state index is 0.199. The molecule has 25 heavy (non-hydrogen) atoms. The van der Waals surface area contributed by atoms with Crippen molar-refractivity contribution in [2.75, 3.05) is 19.4 Å². The van der Waals surface area contributed by atoms with E-state index < -0.39 is 0 Å². The summed E-state index contributed by atoms with van der Waals surface area (Å²) in [5.74, 6) is -0.199. The molecule has 6 heteroatoms. The first-order chi connectivity index (χ1) is 12.0. The Morgan fingerprint density at radius 2 is 1.92 bits per heavy atom. The smallest absolute Gasteiger partial charge is 0.321 e. The number of hydrogen-bond acceptors (Lipinski definition) is 3. The van der Waals surface area contributed by atoms with Crippen LogP contribution in [0.3, 0.4) is 0 Å². The van der Waals surface area contributed by atoms with E-state index in [1.807, 2.05) is 6.07 Å². The van der Waals surface area contributed by atoms with Crippen molar-refractivity contribution >= 4 is 17.6 Å². The minimum atomic E-state index is -0.292. The highest BCUT2D eigenvalue weighted by Gasteiger charge is 2.14. The molecule has 0 radical (unpaired) electrons. The van der Waals surface area contributed by atoms with Crippen LogP contribution in [-0.2, 0) is 6.54 Å². The average Bonchev–Trinajstić information content (AvgIpc) is 2.62. The molecule has 0 aromatic heterocycles. The monoisotopic (exact) mass is 336 g/mol. The van der Waals surface area contributed by atoms with E-state index in [0.29, 0.717) is 28.9 Å². The number of nitriles is 1. The second-order valence-electron chi connectivity index (χ2n) is 5.66. The van der Waals surface area contributed by atoms with Gasteiger partial charge in [-0.15, -0.1) is 0 Å². The molecule has 0 saturated heterocycles. The number of urea groups is 1. The van der Waals surface area contributed by atoms with Crippen molar-refractivity contribution in [2.45, 2.75) is 13.5 Å². The SMILES string of the molecule is CNC(=O)c1cccc(NC(=O)N(C)Cc2cccc(C#N)c2)c1C. The van der Waals surface area contributed by atoms with Gasteiger partial charge in [0, 0.05) is 31.9 Å². The maximum atomic E-state index is 12.4. The number of hydrogen-bond donors (Lipinski definition) is 2. The second-order valence-corrected chi connectivity index (χ2v) is 5.66. The summed E-state index contributed by atoms with van der Waals surface area (Å²) in [5, 5.41) is 14.3. The maximum absolute atomic E-state index is 12.4. The van der Waals surface area contributed by atoms with E-state index in [0.717, 1.165) is 5.56 Å². The Kier molecular flexibility index (Phi) is 5.75. The van der Waals surface area contributed by atoms with Crippen molar-refractivity contribution in [2.24, 2.45) is 0 Å². The van der Waals surface area contributed by atoms with Crippen molar-refractivity contribution in [3.63, 3.8) is 0 Å². The third kappa shape index (κ3) is 4.36. The number of benzene rings is 2. The molecule has 0 bridgehead atoms. The predicted octanol–water partition coefficient (Wildman–Crippen LogP) is 2.89. The van der Waals surface area contributed by atoms with Gasteiger partial charge in [-0.05, 0) is 42.3 Å². The lowest BCUT2D eigenvalue weighted by Gasteiger charge is -2.19. The van der Waals surface area contributed by atoms with Gasteiger partial charge in [-0.3, -0.25) is 4.79 Å². The van der Waals surface area contributed by atoms with Gasteiger partial charge in [-0.1, -0.05) is 18.2 Å². The van der Waals surface area contributed by atoms with Gasteiger partial charge in [0.25, 0.3) is 5.91 Å². The lowest BCUT2D eigenvalue weighted by Crippen LogP contribution is -2.31. The standard InChI is InChI=1S/C19H20N4O2/c1-13-16(18(24)21-2)8-5-9-17(13)22-19(25)23(3)12-15-7-4-6-14(10-15)11-20/h4-10H,12H2,1-3H3,(H,21,24)(H,22,25). The maximum Gasteiger partial charge on any atom is 0.321 e. The fourth-order valence-corrected chi connectivity index (χ4v) is 2.45. The first kappa shape index (κ1) is 18.0. The third-order valence-electron chi connectivity index (χ3n) is 3.87. The summed E-state index contributed by atoms with van der Waals surface area (Å²) >= 11 is 0. The summed E-state index contributed by atoms with van der Waals surface area (Å²) in [6, 6.07) is 14.1. The van der Waals surface area contributed by atoms with Crippen LogP contribution in [0.5, 0.6) is 0 Å². The lowest BCUT2D eigenvalue weighted by molar-refractivity contribution is 0.0962. The van der Waals surface area contributed by atoms with Gasteiger partial charge < -0.3 is 15.5 Å². The number of amides is 3. The average molecular weight is 336 g/mol. The van der Waals surface area contributed by atoms with Gasteiger partial charge in [0.1, 0.15) is 0 Å². The molecule has 6 nitrogen and oxygen atoms in total. The number of carbonyl (C=O) groups excluding carboxylic acids is 2. The van der Waals surface area contributed by atoms with Crippen LogP contribution in [0.1, 0.15) is 27.0 Å². The fourth-order valence-electron chi connectivity index (χ4n) is 2.45. The molecular weight excluding hydrogens is 316 g/mol. The first-order valence-electron chi connectivity index (χ1n) is 7.79. The fraction of sp³-hybridized carbons (Fsp3) is 0.211. The van der Waals surface area contributed by atoms with Crippen molar-refractivity contribution in [1.82, 2.24) is 10.2 Å². The molecule has 3 amide bonds. The number of rotatable bonds is 4. The molecule has 0 spiro atoms. The van der Waals surface area contributed by atoms with Crippen LogP contribution in [0.25, 0.3) is 0 Å². The summed E-state index contributed by atoms with van der Waals surface area (Å²) in [6.07, 6.45) is 0. The Morgan fingerprint density at radius 3 is 2.60 bits per heavy atom. The Morgan fingerprint density at radius 1 is 1.20 bits per heavy atom. The van der Waals surface area contributed by atoms with Crippen LogP contribution in [0.15, 0.2) is 42.5 Å². The van der Waals surface area contributed by atoms with Gasteiger partial charge >= 0.3 is 6.03 Å². The Labute approximate surface area is 147 Å². The van der Waals surface area contributed by atoms with Gasteiger partial charge in [0.15, 0.2) is 0 Å². The summed E-state index contributed by atoms with van der Waals surface area (Å²) in [5.41, 5.74) is 3.23. The summed E-state index contributed by atoms with van der Waals surface area (Å²) in [7, 11) is 3.24. The molecule has 0 heterocycles. The molecule has 0 fully saturated rings. The van der Waals surface area contributed by atoms with Gasteiger partial charge in [0.2, 0.25) is 0 Å². The molecule has 2 aromatic carbocycles. The van der Waals surface area contributed by atoms with E-state index in [1.54, 1.807) is 57.4 Å². The molecule has 0 aliphatic heterocycles. The van der Waals surface area contributed by atoms with Crippen LogP contribution >= 0.6 is 0 Å². The first-order valence-corrected chi connectivity index (χ1v) is 7.79. The van der Waals surface area contributed by atoms with Crippen LogP contribution in [0, 0.1) is 18.3 Å². The van der Waals surface area contributed by atoms with E-state index in [1.165, 1.54) is 4.90 Å². The predicted molar refractivity (Wildman–Crippen MR) is 96.2 cm³/mol. The van der Waals surface area contributed by atoms with Gasteiger partial charge in [-0.2, -0.15) is 5.26 Å². The topological polar surface area (TPSA) is 85.2 Å². The summed E-state index contributed by atoms with van der Waals surface area (Å²) < 4.78 is 0. The summed E-state index contributed by atoms with van der Waals surface area (Å²) in [4.78, 5) is 25.8. The zero-order valence-corrected chi connectivity index (χ0v) is 14.5. The molecule has 0 saturated carbocycles. The van der Waals surface area contributed by atoms with E-state index in [-0.39, 0.29) is 11.9 Å². The highest BCUT2D eigenvalue weighted by molar-refractivity contribution is 5.98. The molecule has 2 aromatic rings. The summed E-state index contributed by atoms with van der Waals surface area (Å²) in [6.45, 7) is 2.16. The van der Waals surface area contributed by atoms with Crippen molar-refractivity contribution in [1.29, 1.82) is 5.26 Å². The van der Waals surface area contributed by atoms with E-state index >= 15 is 0 Å². The highest BCUT2D eigenvalue weighted by atomic mass is 16.2. The molecule has 128 valence electrons. The number of carbonyl (C=O) groups is 2. The van der Waals surface area contributed by atoms with Crippen LogP contribution in [-0.4, -0.2) is 30.9 Å². The van der Waals surface area contributed by atoms with Gasteiger partial charge in [0.05, 0.1) is 11.6 Å². The van der Waals surface area contributed by atoms with Crippen LogP contribution < -0.4 is 10.6 Å². The molecule has 2 N–H and O–H groups in total. The molecule has 2 rings (SSSR count). The molecule has 0 unspecified atom stereocenters. The third-order valence-corrected chi connectivity index (χ3v) is 3.87. The quantitative estimate of drug-likeness (QED) is 0.900. The number of nitrogens with one attached hydrogen (secondary N) is 2. The minimum Gasteiger partial charge on any atom is -0.355 e. The normalized spacial score (nSPS) is 9.84. The van der Waals surface area contributed by atoms with Crippen LogP contribution in [0.2, 0.25) is 0 Å². The largest absolute Gasteiger partial charge is 0.355 e. The van der Waals surface area contributed by atoms with Crippen molar-refractivity contribution in [3.8, 4) is 6.07 Å². The molecular formula is C19H20N4O2. The number of nitrogens with zero attached hydrogens (tertiary/aromatic N) is 2. The Balaban J connectivity index is 2.11. The Hall–Kier alpha value is -3.33. The highest BCUT2D eigenvalue weighted by Crippen LogP contribution is 2.19. The van der Waals surface area contributed by atoms with Gasteiger partial charge in [-0.25, -0.2) is 4.79 Å². The van der Waals surface area contributed by atoms with E-state index in [2.05, 4.69) is 16.7 Å². The number of anilines is 1. The molecule has 0 aliphatic carbocycles. The van der Waals surface area contributed by atoms with E-state index in [4.69, 9.17) is 5.26 Å². The van der Waals surface area contributed by atoms with Crippen LogP contribution in [0.4, 0.5) is 10.5 Å². The van der Waals surface area contributed by atoms with E-state index in [9.17, 15) is 9.59 Å². The van der Waals surface area contributed by atoms with Crippen molar-refractivity contribution < 1.29 is 9.59 Å². The zero-order valence-electron chi connectivity index (χ0n) is 14.5. The molecule has 0 aliphatic rings. The zero-order chi connectivity index (χ0) is 18.4.